The zero-order valence-electron chi connectivity index (χ0n) is 12.3. The van der Waals surface area contributed by atoms with Crippen LogP contribution in [0.15, 0.2) is 24.3 Å². The van der Waals surface area contributed by atoms with Gasteiger partial charge in [-0.1, -0.05) is 26.0 Å². The normalized spacial score (nSPS) is 11.8. The van der Waals surface area contributed by atoms with Crippen LogP contribution in [0.4, 0.5) is 5.69 Å². The molecule has 1 aromatic rings. The largest absolute Gasteiger partial charge is 0.380 e. The summed E-state index contributed by atoms with van der Waals surface area (Å²) < 4.78 is 31.5. The van der Waals surface area contributed by atoms with E-state index < -0.39 is 10.0 Å². The third-order valence-corrected chi connectivity index (χ3v) is 4.03. The molecule has 0 bridgehead atoms. The van der Waals surface area contributed by atoms with Crippen molar-refractivity contribution < 1.29 is 13.2 Å². The molecule has 5 nitrogen and oxygen atoms in total. The van der Waals surface area contributed by atoms with Crippen LogP contribution in [-0.4, -0.2) is 33.9 Å². The molecule has 0 radical (unpaired) electrons. The number of hydrogen-bond acceptors (Lipinski definition) is 4. The maximum absolute atomic E-state index is 11.9. The van der Waals surface area contributed by atoms with Crippen LogP contribution in [0.5, 0.6) is 0 Å². The Morgan fingerprint density at radius 2 is 2.05 bits per heavy atom. The summed E-state index contributed by atoms with van der Waals surface area (Å²) in [5, 5.41) is 3.20. The van der Waals surface area contributed by atoms with Gasteiger partial charge in [-0.3, -0.25) is 4.72 Å². The zero-order chi connectivity index (χ0) is 15.0. The Balaban J connectivity index is 2.51. The van der Waals surface area contributed by atoms with Gasteiger partial charge in [-0.25, -0.2) is 8.42 Å². The van der Waals surface area contributed by atoms with Gasteiger partial charge < -0.3 is 10.1 Å². The molecule has 0 atom stereocenters. The molecule has 0 saturated heterocycles. The summed E-state index contributed by atoms with van der Waals surface area (Å²) in [6.07, 6.45) is 0.589. The van der Waals surface area contributed by atoms with E-state index in [1.807, 2.05) is 26.0 Å². The molecule has 0 amide bonds. The molecule has 114 valence electrons. The van der Waals surface area contributed by atoms with Gasteiger partial charge in [0.1, 0.15) is 0 Å². The van der Waals surface area contributed by atoms with Crippen LogP contribution in [0.1, 0.15) is 25.8 Å². The summed E-state index contributed by atoms with van der Waals surface area (Å²) in [7, 11) is -1.69. The molecule has 1 rings (SSSR count). The number of ether oxygens (including phenoxy) is 1. The summed E-state index contributed by atoms with van der Waals surface area (Å²) >= 11 is 0. The average Bonchev–Trinajstić information content (AvgIpc) is 2.35. The first-order valence-corrected chi connectivity index (χ1v) is 8.40. The van der Waals surface area contributed by atoms with Crippen molar-refractivity contribution in [1.29, 1.82) is 0 Å². The minimum Gasteiger partial charge on any atom is -0.380 e. The van der Waals surface area contributed by atoms with Gasteiger partial charge in [0.2, 0.25) is 10.0 Å². The zero-order valence-corrected chi connectivity index (χ0v) is 13.2. The number of benzene rings is 1. The van der Waals surface area contributed by atoms with Crippen molar-refractivity contribution in [2.75, 3.05) is 24.1 Å². The van der Waals surface area contributed by atoms with Crippen LogP contribution >= 0.6 is 0 Å². The molecular weight excluding hydrogens is 276 g/mol. The fourth-order valence-corrected chi connectivity index (χ4v) is 2.89. The van der Waals surface area contributed by atoms with Gasteiger partial charge in [0.25, 0.3) is 0 Å². The molecule has 0 aromatic heterocycles. The van der Waals surface area contributed by atoms with Crippen LogP contribution in [0, 0.1) is 0 Å². The van der Waals surface area contributed by atoms with Gasteiger partial charge in [0.15, 0.2) is 0 Å². The van der Waals surface area contributed by atoms with E-state index in [2.05, 4.69) is 10.0 Å². The molecule has 0 heterocycles. The molecule has 0 fully saturated rings. The van der Waals surface area contributed by atoms with E-state index in [-0.39, 0.29) is 5.75 Å². The van der Waals surface area contributed by atoms with E-state index in [0.717, 1.165) is 5.56 Å². The molecular formula is C14H24N2O3S. The van der Waals surface area contributed by atoms with Crippen molar-refractivity contribution in [3.05, 3.63) is 29.8 Å². The Bertz CT molecular complexity index is 501. The van der Waals surface area contributed by atoms with Crippen LogP contribution in [0.25, 0.3) is 0 Å². The second-order valence-electron chi connectivity index (χ2n) is 5.02. The molecule has 0 unspecified atom stereocenters. The van der Waals surface area contributed by atoms with E-state index in [1.54, 1.807) is 19.2 Å². The predicted octanol–water partition coefficient (Wildman–Crippen LogP) is 1.96. The van der Waals surface area contributed by atoms with Gasteiger partial charge >= 0.3 is 0 Å². The molecule has 2 N–H and O–H groups in total. The number of nitrogens with one attached hydrogen (secondary N) is 2. The summed E-state index contributed by atoms with van der Waals surface area (Å²) in [5.41, 5.74) is 1.52. The van der Waals surface area contributed by atoms with Gasteiger partial charge in [-0.05, 0) is 30.7 Å². The SMILES string of the molecule is COCc1cccc(NS(=O)(=O)CCCNC(C)C)c1. The van der Waals surface area contributed by atoms with E-state index in [1.165, 1.54) is 0 Å². The first-order valence-electron chi connectivity index (χ1n) is 6.74. The van der Waals surface area contributed by atoms with Crippen LogP contribution < -0.4 is 10.0 Å². The van der Waals surface area contributed by atoms with Gasteiger partial charge in [0, 0.05) is 18.8 Å². The molecule has 0 spiro atoms. The first kappa shape index (κ1) is 16.9. The number of hydrogen-bond donors (Lipinski definition) is 2. The van der Waals surface area contributed by atoms with Crippen LogP contribution in [0.2, 0.25) is 0 Å². The third-order valence-electron chi connectivity index (χ3n) is 2.65. The van der Waals surface area contributed by atoms with Crippen LogP contribution in [0.3, 0.4) is 0 Å². The Hall–Kier alpha value is -1.11. The number of methoxy groups -OCH3 is 1. The molecule has 0 aliphatic rings. The number of sulfonamides is 1. The Kier molecular flexibility index (Phi) is 6.98. The van der Waals surface area contributed by atoms with Crippen molar-refractivity contribution >= 4 is 15.7 Å². The van der Waals surface area contributed by atoms with E-state index in [4.69, 9.17) is 4.74 Å². The highest BCUT2D eigenvalue weighted by molar-refractivity contribution is 7.92. The first-order chi connectivity index (χ1) is 9.43. The molecule has 1 aromatic carbocycles. The topological polar surface area (TPSA) is 67.4 Å². The Morgan fingerprint density at radius 3 is 2.70 bits per heavy atom. The molecule has 0 aliphatic carbocycles. The average molecular weight is 300 g/mol. The highest BCUT2D eigenvalue weighted by Gasteiger charge is 2.10. The fraction of sp³-hybridized carbons (Fsp3) is 0.571. The minimum atomic E-state index is -3.30. The lowest BCUT2D eigenvalue weighted by Gasteiger charge is -2.11. The van der Waals surface area contributed by atoms with Gasteiger partial charge in [0.05, 0.1) is 12.4 Å². The Labute approximate surface area is 121 Å². The van der Waals surface area contributed by atoms with Crippen LogP contribution in [-0.2, 0) is 21.4 Å². The second kappa shape index (κ2) is 8.24. The minimum absolute atomic E-state index is 0.112. The lowest BCUT2D eigenvalue weighted by atomic mass is 10.2. The number of anilines is 1. The maximum atomic E-state index is 11.9. The summed E-state index contributed by atoms with van der Waals surface area (Å²) in [5.74, 6) is 0.112. The standard InChI is InChI=1S/C14H24N2O3S/c1-12(2)15-8-5-9-20(17,18)16-14-7-4-6-13(10-14)11-19-3/h4,6-7,10,12,15-16H,5,8-9,11H2,1-3H3. The second-order valence-corrected chi connectivity index (χ2v) is 6.86. The van der Waals surface area contributed by atoms with Crippen molar-refractivity contribution in [3.63, 3.8) is 0 Å². The van der Waals surface area contributed by atoms with E-state index in [0.29, 0.717) is 31.3 Å². The lowest BCUT2D eigenvalue weighted by Crippen LogP contribution is -2.26. The smallest absolute Gasteiger partial charge is 0.232 e. The lowest BCUT2D eigenvalue weighted by molar-refractivity contribution is 0.185. The highest BCUT2D eigenvalue weighted by Crippen LogP contribution is 2.13. The van der Waals surface area contributed by atoms with Gasteiger partial charge in [-0.2, -0.15) is 0 Å². The van der Waals surface area contributed by atoms with E-state index in [9.17, 15) is 8.42 Å². The highest BCUT2D eigenvalue weighted by atomic mass is 32.2. The van der Waals surface area contributed by atoms with Crippen molar-refractivity contribution in [2.45, 2.75) is 32.9 Å². The predicted molar refractivity (Wildman–Crippen MR) is 82.3 cm³/mol. The molecule has 0 aliphatic heterocycles. The molecule has 20 heavy (non-hydrogen) atoms. The number of rotatable bonds is 9. The fourth-order valence-electron chi connectivity index (χ4n) is 1.77. The van der Waals surface area contributed by atoms with Crippen molar-refractivity contribution in [2.24, 2.45) is 0 Å². The van der Waals surface area contributed by atoms with E-state index >= 15 is 0 Å². The summed E-state index contributed by atoms with van der Waals surface area (Å²) in [6, 6.07) is 7.60. The maximum Gasteiger partial charge on any atom is 0.232 e. The molecule has 6 heteroatoms. The van der Waals surface area contributed by atoms with Crippen molar-refractivity contribution in [1.82, 2.24) is 5.32 Å². The Morgan fingerprint density at radius 1 is 1.30 bits per heavy atom. The van der Waals surface area contributed by atoms with Crippen molar-refractivity contribution in [3.8, 4) is 0 Å². The summed E-state index contributed by atoms with van der Waals surface area (Å²) in [6.45, 7) is 5.23. The third kappa shape index (κ3) is 6.88. The monoisotopic (exact) mass is 300 g/mol. The summed E-state index contributed by atoms with van der Waals surface area (Å²) in [4.78, 5) is 0. The van der Waals surface area contributed by atoms with Gasteiger partial charge in [-0.15, -0.1) is 0 Å². The quantitative estimate of drug-likeness (QED) is 0.684. The molecule has 0 saturated carbocycles.